The van der Waals surface area contributed by atoms with E-state index in [0.717, 1.165) is 38.7 Å². The van der Waals surface area contributed by atoms with E-state index >= 15 is 0 Å². The number of nitrogens with zero attached hydrogens (tertiary/aromatic N) is 2. The number of benzene rings is 3. The second-order valence-electron chi connectivity index (χ2n) is 10.7. The van der Waals surface area contributed by atoms with E-state index in [-0.39, 0.29) is 36.9 Å². The van der Waals surface area contributed by atoms with Crippen LogP contribution in [0.1, 0.15) is 28.2 Å². The number of fused-ring (bicyclic) bond motifs is 1. The molecule has 0 aromatic heterocycles. The summed E-state index contributed by atoms with van der Waals surface area (Å²) in [5, 5.41) is 3.23. The predicted octanol–water partition coefficient (Wildman–Crippen LogP) is 5.74. The van der Waals surface area contributed by atoms with Crippen LogP contribution in [-0.2, 0) is 16.2 Å². The zero-order valence-electron chi connectivity index (χ0n) is 23.1. The molecule has 0 amide bonds. The zero-order chi connectivity index (χ0) is 29.5. The topological polar surface area (TPSA) is 52.7 Å². The monoisotopic (exact) mass is 587 g/mol. The van der Waals surface area contributed by atoms with E-state index in [1.165, 1.54) is 18.2 Å². The summed E-state index contributed by atoms with van der Waals surface area (Å²) < 4.78 is 83.8. The molecular weight excluding hydrogens is 554 g/mol. The molecule has 3 atom stereocenters. The van der Waals surface area contributed by atoms with Gasteiger partial charge in [0.25, 0.3) is 0 Å². The molecule has 0 radical (unpaired) electrons. The van der Waals surface area contributed by atoms with Crippen LogP contribution in [0.5, 0.6) is 0 Å². The van der Waals surface area contributed by atoms with E-state index in [2.05, 4.69) is 10.2 Å². The molecule has 41 heavy (non-hydrogen) atoms. The highest BCUT2D eigenvalue weighted by molar-refractivity contribution is 7.89. The summed E-state index contributed by atoms with van der Waals surface area (Å²) in [5.74, 6) is -0.294. The van der Waals surface area contributed by atoms with Crippen molar-refractivity contribution in [2.24, 2.45) is 0 Å². The van der Waals surface area contributed by atoms with Crippen molar-refractivity contribution in [2.75, 3.05) is 33.2 Å². The van der Waals surface area contributed by atoms with Crippen molar-refractivity contribution in [3.05, 3.63) is 101 Å². The Kier molecular flexibility index (Phi) is 8.13. The molecule has 5 rings (SSSR count). The van der Waals surface area contributed by atoms with Crippen molar-refractivity contribution < 1.29 is 26.0 Å². The Morgan fingerprint density at radius 1 is 0.927 bits per heavy atom. The molecule has 0 spiro atoms. The minimum atomic E-state index is -4.80. The molecule has 1 saturated heterocycles. The van der Waals surface area contributed by atoms with Gasteiger partial charge in [-0.1, -0.05) is 54.6 Å². The summed E-state index contributed by atoms with van der Waals surface area (Å²) in [6, 6.07) is 15.4. The van der Waals surface area contributed by atoms with Gasteiger partial charge in [-0.3, -0.25) is 4.90 Å². The Morgan fingerprint density at radius 2 is 1.61 bits per heavy atom. The molecule has 5 nitrogen and oxygen atoms in total. The first-order valence-corrected chi connectivity index (χ1v) is 15.0. The lowest BCUT2D eigenvalue weighted by Crippen LogP contribution is -2.68. The largest absolute Gasteiger partial charge is 0.417 e. The van der Waals surface area contributed by atoms with E-state index in [4.69, 9.17) is 0 Å². The Bertz CT molecular complexity index is 1550. The fourth-order valence-corrected chi connectivity index (χ4v) is 7.74. The number of rotatable bonds is 6. The number of halogens is 4. The third-order valence-corrected chi connectivity index (χ3v) is 10.3. The number of nitrogens with one attached hydrogen (secondary N) is 1. The van der Waals surface area contributed by atoms with E-state index < -0.39 is 26.7 Å². The number of likely N-dealkylation sites (N-methyl/N-ethyl adjacent to an activating group) is 1. The minimum absolute atomic E-state index is 0.00951. The average Bonchev–Trinajstić information content (AvgIpc) is 2.92. The summed E-state index contributed by atoms with van der Waals surface area (Å²) in [6.07, 6.45) is -1.21. The molecule has 2 heterocycles. The molecule has 10 heteroatoms. The van der Waals surface area contributed by atoms with E-state index in [1.54, 1.807) is 19.1 Å². The maximum Gasteiger partial charge on any atom is 0.417 e. The van der Waals surface area contributed by atoms with Crippen LogP contribution < -0.4 is 5.32 Å². The quantitative estimate of drug-likeness (QED) is 0.295. The lowest BCUT2D eigenvalue weighted by atomic mass is 9.74. The third-order valence-electron chi connectivity index (χ3n) is 8.41. The van der Waals surface area contributed by atoms with Gasteiger partial charge in [-0.2, -0.15) is 17.5 Å². The van der Waals surface area contributed by atoms with Gasteiger partial charge in [0.2, 0.25) is 10.0 Å². The molecule has 1 unspecified atom stereocenters. The van der Waals surface area contributed by atoms with E-state index in [9.17, 15) is 26.0 Å². The van der Waals surface area contributed by atoms with Gasteiger partial charge in [-0.05, 0) is 66.9 Å². The second-order valence-corrected chi connectivity index (χ2v) is 12.6. The van der Waals surface area contributed by atoms with Crippen molar-refractivity contribution in [3.63, 3.8) is 0 Å². The van der Waals surface area contributed by atoms with Crippen LogP contribution in [0.15, 0.2) is 77.7 Å². The van der Waals surface area contributed by atoms with E-state index in [1.807, 2.05) is 44.3 Å². The molecular formula is C31H33F4N3O2S. The predicted molar refractivity (Wildman–Crippen MR) is 152 cm³/mol. The highest BCUT2D eigenvalue weighted by Crippen LogP contribution is 2.43. The summed E-state index contributed by atoms with van der Waals surface area (Å²) in [7, 11) is -2.58. The molecule has 2 aliphatic rings. The number of hydrogen-bond acceptors (Lipinski definition) is 4. The first-order valence-electron chi connectivity index (χ1n) is 13.5. The van der Waals surface area contributed by atoms with Gasteiger partial charge in [0.05, 0.1) is 10.5 Å². The first kappa shape index (κ1) is 29.4. The van der Waals surface area contributed by atoms with Gasteiger partial charge in [0, 0.05) is 44.2 Å². The van der Waals surface area contributed by atoms with E-state index in [0.29, 0.717) is 18.7 Å². The van der Waals surface area contributed by atoms with Crippen molar-refractivity contribution >= 4 is 10.0 Å². The molecule has 0 aliphatic carbocycles. The Labute approximate surface area is 238 Å². The van der Waals surface area contributed by atoms with Crippen LogP contribution in [0, 0.1) is 19.7 Å². The highest BCUT2D eigenvalue weighted by atomic mass is 32.2. The highest BCUT2D eigenvalue weighted by Gasteiger charge is 2.50. The molecule has 3 aromatic carbocycles. The number of alkyl halides is 3. The average molecular weight is 588 g/mol. The van der Waals surface area contributed by atoms with Crippen LogP contribution in [0.2, 0.25) is 0 Å². The van der Waals surface area contributed by atoms with Crippen LogP contribution in [-0.4, -0.2) is 62.9 Å². The van der Waals surface area contributed by atoms with Gasteiger partial charge >= 0.3 is 6.18 Å². The van der Waals surface area contributed by atoms with Crippen LogP contribution in [0.4, 0.5) is 17.6 Å². The van der Waals surface area contributed by atoms with Gasteiger partial charge in [0.1, 0.15) is 5.82 Å². The van der Waals surface area contributed by atoms with Crippen molar-refractivity contribution in [2.45, 2.75) is 42.9 Å². The lowest BCUT2D eigenvalue weighted by Gasteiger charge is -2.57. The lowest BCUT2D eigenvalue weighted by molar-refractivity contribution is -0.139. The molecule has 0 saturated carbocycles. The van der Waals surface area contributed by atoms with Gasteiger partial charge in [0.15, 0.2) is 0 Å². The third kappa shape index (κ3) is 5.46. The van der Waals surface area contributed by atoms with Gasteiger partial charge in [-0.25, -0.2) is 12.8 Å². The second kappa shape index (κ2) is 11.3. The molecule has 1 fully saturated rings. The summed E-state index contributed by atoms with van der Waals surface area (Å²) in [5.41, 5.74) is 3.21. The molecule has 218 valence electrons. The number of hydrogen-bond donors (Lipinski definition) is 1. The maximum absolute atomic E-state index is 14.0. The normalized spacial score (nSPS) is 22.9. The zero-order valence-corrected chi connectivity index (χ0v) is 23.9. The van der Waals surface area contributed by atoms with Crippen molar-refractivity contribution in [1.82, 2.24) is 14.5 Å². The molecule has 3 aromatic rings. The fraction of sp³-hybridized carbons (Fsp3) is 0.355. The molecule has 0 bridgehead atoms. The van der Waals surface area contributed by atoms with Crippen molar-refractivity contribution in [3.8, 4) is 11.1 Å². The summed E-state index contributed by atoms with van der Waals surface area (Å²) in [4.78, 5) is 1.47. The fourth-order valence-electron chi connectivity index (χ4n) is 6.12. The minimum Gasteiger partial charge on any atom is -0.318 e. The first-order chi connectivity index (χ1) is 19.4. The van der Waals surface area contributed by atoms with Crippen LogP contribution in [0.25, 0.3) is 11.1 Å². The standard InChI is InChI=1S/C31H33F4N3O2S/c1-20-21(2)26(32)15-14-24(20)22-10-12-23(13-11-22)30-27(18-36-3)38-17-7-6-16-37(19-28(30)38)41(39,40)29-9-5-4-8-25(29)31(33,34)35/h4-15,27-28,30,36H,16-19H2,1-3H3/b7-6-/t27-,28+,30?/m1/s1. The van der Waals surface area contributed by atoms with Crippen LogP contribution in [0.3, 0.4) is 0 Å². The summed E-state index contributed by atoms with van der Waals surface area (Å²) in [6.45, 7) is 4.97. The Morgan fingerprint density at radius 3 is 2.29 bits per heavy atom. The number of sulfonamides is 1. The van der Waals surface area contributed by atoms with Crippen molar-refractivity contribution in [1.29, 1.82) is 0 Å². The van der Waals surface area contributed by atoms with Gasteiger partial charge in [-0.15, -0.1) is 0 Å². The summed E-state index contributed by atoms with van der Waals surface area (Å²) >= 11 is 0. The maximum atomic E-state index is 14.0. The van der Waals surface area contributed by atoms with Crippen LogP contribution >= 0.6 is 0 Å². The SMILES string of the molecule is CNC[C@@H]1C(c2ccc(-c3ccc(F)c(C)c3C)cc2)[C@@H]2CN(S(=O)(=O)c3ccccc3C(F)(F)F)C/C=C\CN12. The molecule has 1 N–H and O–H groups in total. The molecule has 2 aliphatic heterocycles. The Balaban J connectivity index is 1.48. The smallest absolute Gasteiger partial charge is 0.318 e. The Hall–Kier alpha value is -3.05. The van der Waals surface area contributed by atoms with Gasteiger partial charge < -0.3 is 5.32 Å².